The molecule has 1 atom stereocenters. The summed E-state index contributed by atoms with van der Waals surface area (Å²) in [5, 5.41) is 3.47. The summed E-state index contributed by atoms with van der Waals surface area (Å²) >= 11 is 2.01. The molecule has 1 saturated heterocycles. The first kappa shape index (κ1) is 16.5. The van der Waals surface area contributed by atoms with Crippen LogP contribution in [-0.4, -0.2) is 49.2 Å². The van der Waals surface area contributed by atoms with Crippen LogP contribution in [0.5, 0.6) is 5.75 Å². The minimum absolute atomic E-state index is 0.199. The number of nitrogens with zero attached hydrogens (tertiary/aromatic N) is 1. The first-order valence-corrected chi connectivity index (χ1v) is 8.39. The monoisotopic (exact) mass is 316 g/mol. The molecule has 1 unspecified atom stereocenters. The second-order valence-electron chi connectivity index (χ2n) is 5.08. The van der Waals surface area contributed by atoms with E-state index in [1.54, 1.807) is 12.1 Å². The molecule has 118 valence electrons. The van der Waals surface area contributed by atoms with Gasteiger partial charge in [-0.2, -0.15) is 20.5 Å². The second-order valence-corrected chi connectivity index (χ2v) is 6.30. The van der Waals surface area contributed by atoms with Crippen LogP contribution in [0.2, 0.25) is 0 Å². The van der Waals surface area contributed by atoms with Crippen molar-refractivity contribution in [3.8, 4) is 5.75 Å². The average molecular weight is 316 g/mol. The summed E-state index contributed by atoms with van der Waals surface area (Å²) in [4.78, 5) is 2.47. The van der Waals surface area contributed by atoms with Gasteiger partial charge in [0.2, 0.25) is 0 Å². The Morgan fingerprint density at radius 3 is 2.52 bits per heavy atom. The van der Waals surface area contributed by atoms with Gasteiger partial charge in [0.1, 0.15) is 5.75 Å². The number of ether oxygens (including phenoxy) is 1. The molecule has 0 aromatic heterocycles. The van der Waals surface area contributed by atoms with Crippen LogP contribution in [-0.2, 0) is 0 Å². The molecule has 6 heteroatoms. The quantitative estimate of drug-likeness (QED) is 0.836. The van der Waals surface area contributed by atoms with E-state index in [0.717, 1.165) is 18.7 Å². The van der Waals surface area contributed by atoms with Crippen LogP contribution in [0.1, 0.15) is 18.5 Å². The van der Waals surface area contributed by atoms with Gasteiger partial charge in [0.25, 0.3) is 0 Å². The third-order valence-electron chi connectivity index (χ3n) is 3.59. The molecule has 1 fully saturated rings. The zero-order valence-corrected chi connectivity index (χ0v) is 13.0. The van der Waals surface area contributed by atoms with Gasteiger partial charge in [0, 0.05) is 43.7 Å². The molecule has 0 amide bonds. The number of halogens is 2. The number of benzene rings is 1. The van der Waals surface area contributed by atoms with Crippen LogP contribution in [0.3, 0.4) is 0 Å². The molecular weight excluding hydrogens is 294 g/mol. The van der Waals surface area contributed by atoms with Crippen LogP contribution < -0.4 is 10.1 Å². The lowest BCUT2D eigenvalue weighted by Gasteiger charge is -2.26. The highest BCUT2D eigenvalue weighted by Gasteiger charge is 2.11. The fourth-order valence-corrected chi connectivity index (χ4v) is 3.30. The lowest BCUT2D eigenvalue weighted by Crippen LogP contribution is -2.38. The van der Waals surface area contributed by atoms with Crippen molar-refractivity contribution < 1.29 is 13.5 Å². The maximum atomic E-state index is 12.1. The zero-order valence-electron chi connectivity index (χ0n) is 12.2. The van der Waals surface area contributed by atoms with Crippen molar-refractivity contribution in [2.45, 2.75) is 19.6 Å². The number of thioether (sulfide) groups is 1. The van der Waals surface area contributed by atoms with Crippen LogP contribution in [0.15, 0.2) is 24.3 Å². The van der Waals surface area contributed by atoms with Crippen molar-refractivity contribution in [1.29, 1.82) is 0 Å². The van der Waals surface area contributed by atoms with Gasteiger partial charge >= 0.3 is 6.61 Å². The molecule has 0 bridgehead atoms. The van der Waals surface area contributed by atoms with Crippen molar-refractivity contribution in [3.63, 3.8) is 0 Å². The van der Waals surface area contributed by atoms with E-state index in [0.29, 0.717) is 0 Å². The van der Waals surface area contributed by atoms with Crippen molar-refractivity contribution in [3.05, 3.63) is 29.8 Å². The second kappa shape index (κ2) is 8.56. The summed E-state index contributed by atoms with van der Waals surface area (Å²) in [6.07, 6.45) is 0. The molecule has 0 spiro atoms. The molecule has 1 aromatic rings. The summed E-state index contributed by atoms with van der Waals surface area (Å²) in [6.45, 7) is 3.63. The predicted molar refractivity (Wildman–Crippen MR) is 83.3 cm³/mol. The Labute approximate surface area is 129 Å². The molecule has 2 rings (SSSR count). The Morgan fingerprint density at radius 1 is 1.24 bits per heavy atom. The zero-order chi connectivity index (χ0) is 15.1. The minimum atomic E-state index is -2.77. The van der Waals surface area contributed by atoms with E-state index in [9.17, 15) is 8.78 Å². The number of rotatable bonds is 7. The topological polar surface area (TPSA) is 24.5 Å². The van der Waals surface area contributed by atoms with E-state index in [2.05, 4.69) is 21.9 Å². The molecular formula is C15H22F2N2OS. The summed E-state index contributed by atoms with van der Waals surface area (Å²) in [5.74, 6) is 2.65. The van der Waals surface area contributed by atoms with Gasteiger partial charge in [-0.15, -0.1) is 0 Å². The molecule has 1 heterocycles. The molecule has 1 aliphatic heterocycles. The first-order chi connectivity index (χ1) is 10.1. The number of hydrogen-bond acceptors (Lipinski definition) is 4. The van der Waals surface area contributed by atoms with E-state index in [1.165, 1.54) is 24.6 Å². The molecule has 21 heavy (non-hydrogen) atoms. The predicted octanol–water partition coefficient (Wildman–Crippen LogP) is 2.99. The van der Waals surface area contributed by atoms with Crippen molar-refractivity contribution in [2.24, 2.45) is 0 Å². The number of hydrogen-bond donors (Lipinski definition) is 1. The van der Waals surface area contributed by atoms with Crippen LogP contribution in [0.25, 0.3) is 0 Å². The van der Waals surface area contributed by atoms with Gasteiger partial charge in [-0.25, -0.2) is 0 Å². The van der Waals surface area contributed by atoms with Crippen molar-refractivity contribution >= 4 is 11.8 Å². The lowest BCUT2D eigenvalue weighted by molar-refractivity contribution is -0.0498. The van der Waals surface area contributed by atoms with Gasteiger partial charge in [0.15, 0.2) is 0 Å². The fraction of sp³-hybridized carbons (Fsp3) is 0.600. The van der Waals surface area contributed by atoms with E-state index in [4.69, 9.17) is 0 Å². The van der Waals surface area contributed by atoms with Crippen LogP contribution in [0, 0.1) is 0 Å². The highest BCUT2D eigenvalue weighted by atomic mass is 32.2. The van der Waals surface area contributed by atoms with Gasteiger partial charge in [0.05, 0.1) is 0 Å². The van der Waals surface area contributed by atoms with Crippen molar-refractivity contribution in [1.82, 2.24) is 10.2 Å². The summed E-state index contributed by atoms with van der Waals surface area (Å²) < 4.78 is 28.5. The van der Waals surface area contributed by atoms with E-state index in [1.807, 2.05) is 23.9 Å². The van der Waals surface area contributed by atoms with Gasteiger partial charge in [-0.1, -0.05) is 12.1 Å². The standard InChI is InChI=1S/C15H22F2N2OS/c1-12(18-6-7-19-8-10-21-11-9-19)13-2-4-14(5-3-13)20-15(16)17/h2-5,12,15,18H,6-11H2,1H3. The SMILES string of the molecule is CC(NCCN1CCSCC1)c1ccc(OC(F)F)cc1. The van der Waals surface area contributed by atoms with E-state index in [-0.39, 0.29) is 11.8 Å². The maximum Gasteiger partial charge on any atom is 0.387 e. The third kappa shape index (κ3) is 5.80. The largest absolute Gasteiger partial charge is 0.435 e. The Bertz CT molecular complexity index is 411. The van der Waals surface area contributed by atoms with Crippen LogP contribution in [0.4, 0.5) is 8.78 Å². The summed E-state index contributed by atoms with van der Waals surface area (Å²) in [7, 11) is 0. The Hall–Kier alpha value is -0.850. The normalized spacial score (nSPS) is 17.9. The molecule has 0 saturated carbocycles. The van der Waals surface area contributed by atoms with Crippen molar-refractivity contribution in [2.75, 3.05) is 37.7 Å². The van der Waals surface area contributed by atoms with Gasteiger partial charge in [-0.3, -0.25) is 0 Å². The van der Waals surface area contributed by atoms with Gasteiger partial charge < -0.3 is 15.0 Å². The highest BCUT2D eigenvalue weighted by Crippen LogP contribution is 2.19. The van der Waals surface area contributed by atoms with Gasteiger partial charge in [-0.05, 0) is 24.6 Å². The first-order valence-electron chi connectivity index (χ1n) is 7.23. The fourth-order valence-electron chi connectivity index (χ4n) is 2.32. The lowest BCUT2D eigenvalue weighted by atomic mass is 10.1. The smallest absolute Gasteiger partial charge is 0.387 e. The molecule has 0 radical (unpaired) electrons. The van der Waals surface area contributed by atoms with E-state index >= 15 is 0 Å². The maximum absolute atomic E-state index is 12.1. The summed E-state index contributed by atoms with van der Waals surface area (Å²) in [5.41, 5.74) is 1.07. The summed E-state index contributed by atoms with van der Waals surface area (Å²) in [6, 6.07) is 7.02. The Balaban J connectivity index is 1.73. The minimum Gasteiger partial charge on any atom is -0.435 e. The Morgan fingerprint density at radius 2 is 1.90 bits per heavy atom. The van der Waals surface area contributed by atoms with E-state index < -0.39 is 6.61 Å². The molecule has 1 aliphatic rings. The third-order valence-corrected chi connectivity index (χ3v) is 4.53. The highest BCUT2D eigenvalue weighted by molar-refractivity contribution is 7.99. The van der Waals surface area contributed by atoms with Crippen LogP contribution >= 0.6 is 11.8 Å². The number of nitrogens with one attached hydrogen (secondary N) is 1. The molecule has 1 aromatic carbocycles. The molecule has 3 nitrogen and oxygen atoms in total. The number of alkyl halides is 2. The Kier molecular flexibility index (Phi) is 6.73. The molecule has 1 N–H and O–H groups in total. The molecule has 0 aliphatic carbocycles. The average Bonchev–Trinajstić information content (AvgIpc) is 2.48.